The lowest BCUT2D eigenvalue weighted by atomic mass is 9.93. The molecule has 1 fully saturated rings. The Morgan fingerprint density at radius 3 is 2.96 bits per heavy atom. The fraction of sp³-hybridized carbons (Fsp3) is 0.250. The predicted octanol–water partition coefficient (Wildman–Crippen LogP) is 3.17. The molecule has 3 aromatic rings. The summed E-state index contributed by atoms with van der Waals surface area (Å²) in [5.74, 6) is 0.503. The quantitative estimate of drug-likeness (QED) is 0.766. The molecule has 1 saturated carbocycles. The second-order valence-corrected chi connectivity index (χ2v) is 6.57. The Morgan fingerprint density at radius 2 is 2.17 bits per heavy atom. The molecule has 7 heteroatoms. The molecule has 1 aliphatic carbocycles. The van der Waals surface area contributed by atoms with E-state index in [2.05, 4.69) is 36.2 Å². The van der Waals surface area contributed by atoms with Crippen LogP contribution in [-0.4, -0.2) is 25.0 Å². The van der Waals surface area contributed by atoms with Crippen molar-refractivity contribution in [3.05, 3.63) is 50.7 Å². The van der Waals surface area contributed by atoms with Crippen LogP contribution in [0.2, 0.25) is 0 Å². The van der Waals surface area contributed by atoms with E-state index in [9.17, 15) is 4.79 Å². The number of nitrogens with zero attached hydrogens (tertiary/aromatic N) is 4. The lowest BCUT2D eigenvalue weighted by Crippen LogP contribution is -2.17. The lowest BCUT2D eigenvalue weighted by Gasteiger charge is -2.24. The largest absolute Gasteiger partial charge is 0.306 e. The standard InChI is InChI=1S/C16H14BrN5O/c17-10-4-6-14-13(8-10)16(23)19-15(18-14)7-5-11-9-22(21-20-11)12-2-1-3-12/h4-9,12H,1-3H2,(H,18,19,23). The Labute approximate surface area is 140 Å². The molecule has 2 aromatic heterocycles. The van der Waals surface area contributed by atoms with Gasteiger partial charge in [-0.15, -0.1) is 5.10 Å². The summed E-state index contributed by atoms with van der Waals surface area (Å²) < 4.78 is 2.77. The number of aromatic amines is 1. The molecule has 0 aliphatic heterocycles. The highest BCUT2D eigenvalue weighted by Gasteiger charge is 2.20. The minimum absolute atomic E-state index is 0.158. The Bertz CT molecular complexity index is 955. The minimum atomic E-state index is -0.158. The van der Waals surface area contributed by atoms with Crippen LogP contribution >= 0.6 is 15.9 Å². The summed E-state index contributed by atoms with van der Waals surface area (Å²) in [4.78, 5) is 19.3. The number of hydrogen-bond donors (Lipinski definition) is 1. The first kappa shape index (κ1) is 14.3. The first-order valence-electron chi connectivity index (χ1n) is 7.48. The van der Waals surface area contributed by atoms with Crippen LogP contribution in [0.15, 0.2) is 33.7 Å². The molecule has 1 N–H and O–H groups in total. The lowest BCUT2D eigenvalue weighted by molar-refractivity contribution is 0.284. The van der Waals surface area contributed by atoms with Crippen molar-refractivity contribution in [1.82, 2.24) is 25.0 Å². The van der Waals surface area contributed by atoms with E-state index in [1.165, 1.54) is 19.3 Å². The third-order valence-corrected chi connectivity index (χ3v) is 4.57. The van der Waals surface area contributed by atoms with Gasteiger partial charge in [-0.1, -0.05) is 21.1 Å². The first-order chi connectivity index (χ1) is 11.2. The van der Waals surface area contributed by atoms with Gasteiger partial charge >= 0.3 is 0 Å². The maximum absolute atomic E-state index is 12.1. The van der Waals surface area contributed by atoms with Crippen molar-refractivity contribution in [1.29, 1.82) is 0 Å². The first-order valence-corrected chi connectivity index (χ1v) is 8.28. The van der Waals surface area contributed by atoms with E-state index >= 15 is 0 Å². The van der Waals surface area contributed by atoms with Crippen LogP contribution in [0.1, 0.15) is 36.8 Å². The molecule has 0 radical (unpaired) electrons. The number of aromatic nitrogens is 5. The van der Waals surface area contributed by atoms with Gasteiger partial charge in [0.15, 0.2) is 0 Å². The van der Waals surface area contributed by atoms with Crippen molar-refractivity contribution in [3.8, 4) is 0 Å². The second-order valence-electron chi connectivity index (χ2n) is 5.65. The van der Waals surface area contributed by atoms with Crippen molar-refractivity contribution in [2.75, 3.05) is 0 Å². The summed E-state index contributed by atoms with van der Waals surface area (Å²) in [6.07, 6.45) is 9.08. The fourth-order valence-corrected chi connectivity index (χ4v) is 2.93. The molecule has 1 aromatic carbocycles. The van der Waals surface area contributed by atoms with E-state index in [0.29, 0.717) is 22.8 Å². The number of H-pyrrole nitrogens is 1. The van der Waals surface area contributed by atoms with E-state index in [4.69, 9.17) is 0 Å². The Morgan fingerprint density at radius 1 is 1.30 bits per heavy atom. The van der Waals surface area contributed by atoms with Gasteiger partial charge < -0.3 is 4.98 Å². The maximum atomic E-state index is 12.1. The summed E-state index contributed by atoms with van der Waals surface area (Å²) in [5.41, 5.74) is 1.26. The van der Waals surface area contributed by atoms with Gasteiger partial charge in [0.25, 0.3) is 5.56 Å². The molecule has 4 rings (SSSR count). The van der Waals surface area contributed by atoms with E-state index in [1.807, 2.05) is 29.1 Å². The summed E-state index contributed by atoms with van der Waals surface area (Å²) >= 11 is 3.36. The number of halogens is 1. The third-order valence-electron chi connectivity index (χ3n) is 4.07. The second kappa shape index (κ2) is 5.73. The molecule has 23 heavy (non-hydrogen) atoms. The zero-order valence-electron chi connectivity index (χ0n) is 12.2. The maximum Gasteiger partial charge on any atom is 0.259 e. The van der Waals surface area contributed by atoms with Crippen molar-refractivity contribution in [2.24, 2.45) is 0 Å². The van der Waals surface area contributed by atoms with Crippen molar-refractivity contribution < 1.29 is 0 Å². The smallest absolute Gasteiger partial charge is 0.259 e. The summed E-state index contributed by atoms with van der Waals surface area (Å²) in [6.45, 7) is 0. The zero-order valence-corrected chi connectivity index (χ0v) is 13.8. The minimum Gasteiger partial charge on any atom is -0.306 e. The molecule has 116 valence electrons. The van der Waals surface area contributed by atoms with Crippen LogP contribution in [0.5, 0.6) is 0 Å². The highest BCUT2D eigenvalue weighted by atomic mass is 79.9. The number of fused-ring (bicyclic) bond motifs is 1. The monoisotopic (exact) mass is 371 g/mol. The molecule has 1 aliphatic rings. The molecule has 0 spiro atoms. The van der Waals surface area contributed by atoms with Crippen LogP contribution in [-0.2, 0) is 0 Å². The molecule has 0 saturated heterocycles. The Balaban J connectivity index is 1.62. The van der Waals surface area contributed by atoms with E-state index in [1.54, 1.807) is 12.1 Å². The zero-order chi connectivity index (χ0) is 15.8. The average Bonchev–Trinajstić information content (AvgIpc) is 2.92. The topological polar surface area (TPSA) is 76.5 Å². The molecule has 0 atom stereocenters. The number of hydrogen-bond acceptors (Lipinski definition) is 4. The van der Waals surface area contributed by atoms with Gasteiger partial charge in [-0.3, -0.25) is 4.79 Å². The van der Waals surface area contributed by atoms with E-state index in [-0.39, 0.29) is 5.56 Å². The van der Waals surface area contributed by atoms with Gasteiger partial charge in [0.05, 0.1) is 23.1 Å². The summed E-state index contributed by atoms with van der Waals surface area (Å²) in [7, 11) is 0. The number of benzene rings is 1. The van der Waals surface area contributed by atoms with E-state index in [0.717, 1.165) is 10.2 Å². The van der Waals surface area contributed by atoms with Crippen molar-refractivity contribution >= 4 is 39.0 Å². The molecular formula is C16H14BrN5O. The number of rotatable bonds is 3. The van der Waals surface area contributed by atoms with Gasteiger partial charge in [-0.05, 0) is 49.6 Å². The Kier molecular flexibility index (Phi) is 3.57. The van der Waals surface area contributed by atoms with Crippen molar-refractivity contribution in [3.63, 3.8) is 0 Å². The van der Waals surface area contributed by atoms with Gasteiger partial charge in [-0.2, -0.15) is 0 Å². The highest BCUT2D eigenvalue weighted by molar-refractivity contribution is 9.10. The molecule has 0 unspecified atom stereocenters. The molecule has 6 nitrogen and oxygen atoms in total. The SMILES string of the molecule is O=c1[nH]c(C=Cc2cn(C3CCC3)nn2)nc2ccc(Br)cc12. The van der Waals surface area contributed by atoms with Gasteiger partial charge in [0, 0.05) is 4.47 Å². The highest BCUT2D eigenvalue weighted by Crippen LogP contribution is 2.30. The van der Waals surface area contributed by atoms with Gasteiger partial charge in [-0.25, -0.2) is 9.67 Å². The van der Waals surface area contributed by atoms with Crippen LogP contribution in [0, 0.1) is 0 Å². The molecular weight excluding hydrogens is 358 g/mol. The summed E-state index contributed by atoms with van der Waals surface area (Å²) in [6, 6.07) is 5.94. The molecule has 0 amide bonds. The predicted molar refractivity (Wildman–Crippen MR) is 91.9 cm³/mol. The van der Waals surface area contributed by atoms with Crippen LogP contribution in [0.3, 0.4) is 0 Å². The fourth-order valence-electron chi connectivity index (χ4n) is 2.57. The van der Waals surface area contributed by atoms with Crippen LogP contribution < -0.4 is 5.56 Å². The van der Waals surface area contributed by atoms with Crippen LogP contribution in [0.4, 0.5) is 0 Å². The average molecular weight is 372 g/mol. The Hall–Kier alpha value is -2.28. The normalized spacial score (nSPS) is 15.3. The summed E-state index contributed by atoms with van der Waals surface area (Å²) in [5, 5.41) is 8.84. The van der Waals surface area contributed by atoms with Gasteiger partial charge in [0.2, 0.25) is 0 Å². The third kappa shape index (κ3) is 2.84. The van der Waals surface area contributed by atoms with Crippen LogP contribution in [0.25, 0.3) is 23.1 Å². The number of nitrogens with one attached hydrogen (secondary N) is 1. The van der Waals surface area contributed by atoms with Crippen molar-refractivity contribution in [2.45, 2.75) is 25.3 Å². The van der Waals surface area contributed by atoms with E-state index < -0.39 is 0 Å². The molecule has 0 bridgehead atoms. The van der Waals surface area contributed by atoms with Gasteiger partial charge in [0.1, 0.15) is 11.5 Å². The molecule has 2 heterocycles.